The molecule has 21 heavy (non-hydrogen) atoms. The topological polar surface area (TPSA) is 92.9 Å². The molecule has 2 N–H and O–H groups in total. The molecule has 0 radical (unpaired) electrons. The summed E-state index contributed by atoms with van der Waals surface area (Å²) in [4.78, 5) is 12.4. The second-order valence-electron chi connectivity index (χ2n) is 5.16. The number of hydrogen-bond donors (Lipinski definition) is 2. The minimum atomic E-state index is -0.291. The second kappa shape index (κ2) is 6.45. The number of nitrogens with zero attached hydrogens (tertiary/aromatic N) is 4. The molecule has 0 bridgehead atoms. The first-order valence-corrected chi connectivity index (χ1v) is 6.80. The van der Waals surface area contributed by atoms with Crippen LogP contribution in [0.3, 0.4) is 0 Å². The fraction of sp³-hybridized carbons (Fsp3) is 0.429. The van der Waals surface area contributed by atoms with Crippen LogP contribution in [0.5, 0.6) is 0 Å². The van der Waals surface area contributed by atoms with Crippen LogP contribution in [0.15, 0.2) is 24.3 Å². The van der Waals surface area contributed by atoms with Gasteiger partial charge < -0.3 is 10.4 Å². The molecule has 0 aliphatic rings. The van der Waals surface area contributed by atoms with Gasteiger partial charge in [0.25, 0.3) is 5.91 Å². The summed E-state index contributed by atoms with van der Waals surface area (Å²) in [5.41, 5.74) is 1.07. The van der Waals surface area contributed by atoms with Gasteiger partial charge in [-0.3, -0.25) is 4.79 Å². The molecule has 2 aromatic rings. The SMILES string of the molecule is Cc1nnnn1-c1ccccc1C(=O)N[C@@H](CO)C(C)C. The summed E-state index contributed by atoms with van der Waals surface area (Å²) >= 11 is 0. The number of benzene rings is 1. The summed E-state index contributed by atoms with van der Waals surface area (Å²) < 4.78 is 1.51. The summed E-state index contributed by atoms with van der Waals surface area (Å²) in [7, 11) is 0. The first kappa shape index (κ1) is 15.1. The molecular weight excluding hydrogens is 270 g/mol. The number of aliphatic hydroxyl groups excluding tert-OH is 1. The highest BCUT2D eigenvalue weighted by atomic mass is 16.3. The van der Waals surface area contributed by atoms with E-state index in [1.807, 2.05) is 19.9 Å². The van der Waals surface area contributed by atoms with Crippen LogP contribution >= 0.6 is 0 Å². The molecule has 1 aromatic carbocycles. The minimum Gasteiger partial charge on any atom is -0.394 e. The third kappa shape index (κ3) is 3.25. The molecule has 1 atom stereocenters. The number of aromatic nitrogens is 4. The maximum absolute atomic E-state index is 12.4. The molecule has 0 unspecified atom stereocenters. The van der Waals surface area contributed by atoms with E-state index in [0.29, 0.717) is 17.1 Å². The van der Waals surface area contributed by atoms with Crippen LogP contribution in [0.25, 0.3) is 5.69 Å². The summed E-state index contributed by atoms with van der Waals surface area (Å²) in [6.45, 7) is 5.55. The highest BCUT2D eigenvalue weighted by Crippen LogP contribution is 2.15. The van der Waals surface area contributed by atoms with Gasteiger partial charge in [0, 0.05) is 0 Å². The van der Waals surface area contributed by atoms with Gasteiger partial charge in [-0.2, -0.15) is 4.68 Å². The van der Waals surface area contributed by atoms with Crippen molar-refractivity contribution in [2.24, 2.45) is 5.92 Å². The van der Waals surface area contributed by atoms with Gasteiger partial charge in [0.05, 0.1) is 23.9 Å². The Morgan fingerprint density at radius 2 is 2.10 bits per heavy atom. The maximum atomic E-state index is 12.4. The molecule has 0 aliphatic heterocycles. The minimum absolute atomic E-state index is 0.102. The molecule has 0 saturated carbocycles. The Hall–Kier alpha value is -2.28. The number of nitrogens with one attached hydrogen (secondary N) is 1. The molecule has 1 heterocycles. The Morgan fingerprint density at radius 1 is 1.38 bits per heavy atom. The highest BCUT2D eigenvalue weighted by molar-refractivity contribution is 5.97. The molecule has 7 heteroatoms. The van der Waals surface area contributed by atoms with Crippen molar-refractivity contribution >= 4 is 5.91 Å². The van der Waals surface area contributed by atoms with Gasteiger partial charge in [0.1, 0.15) is 0 Å². The Kier molecular flexibility index (Phi) is 4.64. The maximum Gasteiger partial charge on any atom is 0.253 e. The van der Waals surface area contributed by atoms with Crippen molar-refractivity contribution in [3.63, 3.8) is 0 Å². The summed E-state index contributed by atoms with van der Waals surface area (Å²) in [5.74, 6) is 0.479. The average molecular weight is 289 g/mol. The third-order valence-corrected chi connectivity index (χ3v) is 3.32. The Balaban J connectivity index is 2.32. The van der Waals surface area contributed by atoms with Gasteiger partial charge in [-0.25, -0.2) is 0 Å². The van der Waals surface area contributed by atoms with Crippen LogP contribution in [0.4, 0.5) is 0 Å². The number of amides is 1. The predicted octanol–water partition coefficient (Wildman–Crippen LogP) is 0.717. The van der Waals surface area contributed by atoms with Crippen LogP contribution in [0.2, 0.25) is 0 Å². The van der Waals surface area contributed by atoms with E-state index >= 15 is 0 Å². The molecule has 0 spiro atoms. The van der Waals surface area contributed by atoms with Gasteiger partial charge >= 0.3 is 0 Å². The first-order chi connectivity index (χ1) is 10.0. The lowest BCUT2D eigenvalue weighted by molar-refractivity contribution is 0.0896. The molecule has 2 rings (SSSR count). The zero-order valence-corrected chi connectivity index (χ0v) is 12.3. The molecule has 7 nitrogen and oxygen atoms in total. The van der Waals surface area contributed by atoms with E-state index in [4.69, 9.17) is 0 Å². The van der Waals surface area contributed by atoms with Gasteiger partial charge in [-0.1, -0.05) is 26.0 Å². The van der Waals surface area contributed by atoms with Crippen LogP contribution in [0.1, 0.15) is 30.0 Å². The van der Waals surface area contributed by atoms with Crippen molar-refractivity contribution in [2.75, 3.05) is 6.61 Å². The largest absolute Gasteiger partial charge is 0.394 e. The molecule has 0 aliphatic carbocycles. The predicted molar refractivity (Wildman–Crippen MR) is 77.1 cm³/mol. The smallest absolute Gasteiger partial charge is 0.253 e. The quantitative estimate of drug-likeness (QED) is 0.846. The lowest BCUT2D eigenvalue weighted by atomic mass is 10.0. The number of carbonyl (C=O) groups excluding carboxylic acids is 1. The van der Waals surface area contributed by atoms with Crippen molar-refractivity contribution in [1.29, 1.82) is 0 Å². The van der Waals surface area contributed by atoms with E-state index in [1.165, 1.54) is 4.68 Å². The Bertz CT molecular complexity index is 623. The summed E-state index contributed by atoms with van der Waals surface area (Å²) in [5, 5.41) is 23.5. The van der Waals surface area contributed by atoms with E-state index in [0.717, 1.165) is 0 Å². The lowest BCUT2D eigenvalue weighted by Gasteiger charge is -2.20. The van der Waals surface area contributed by atoms with Crippen molar-refractivity contribution in [1.82, 2.24) is 25.5 Å². The lowest BCUT2D eigenvalue weighted by Crippen LogP contribution is -2.41. The fourth-order valence-corrected chi connectivity index (χ4v) is 1.97. The van der Waals surface area contributed by atoms with Crippen LogP contribution in [0, 0.1) is 12.8 Å². The van der Waals surface area contributed by atoms with Crippen molar-refractivity contribution in [3.8, 4) is 5.69 Å². The van der Waals surface area contributed by atoms with Crippen molar-refractivity contribution in [2.45, 2.75) is 26.8 Å². The van der Waals surface area contributed by atoms with Crippen LogP contribution in [-0.4, -0.2) is 43.9 Å². The molecular formula is C14H19N5O2. The number of rotatable bonds is 5. The van der Waals surface area contributed by atoms with Crippen LogP contribution < -0.4 is 5.32 Å². The first-order valence-electron chi connectivity index (χ1n) is 6.80. The standard InChI is InChI=1S/C14H19N5O2/c1-9(2)12(8-20)15-14(21)11-6-4-5-7-13(11)19-10(3)16-17-18-19/h4-7,9,12,20H,8H2,1-3H3,(H,15,21)/t12-/m0/s1. The normalized spacial score (nSPS) is 12.4. The van der Waals surface area contributed by atoms with Crippen molar-refractivity contribution in [3.05, 3.63) is 35.7 Å². The third-order valence-electron chi connectivity index (χ3n) is 3.32. The molecule has 0 saturated heterocycles. The van der Waals surface area contributed by atoms with E-state index in [1.54, 1.807) is 25.1 Å². The van der Waals surface area contributed by atoms with Gasteiger partial charge in [-0.05, 0) is 35.4 Å². The van der Waals surface area contributed by atoms with E-state index in [9.17, 15) is 9.90 Å². The van der Waals surface area contributed by atoms with Crippen LogP contribution in [-0.2, 0) is 0 Å². The van der Waals surface area contributed by atoms with Gasteiger partial charge in [0.15, 0.2) is 5.82 Å². The van der Waals surface area contributed by atoms with Crippen molar-refractivity contribution < 1.29 is 9.90 Å². The van der Waals surface area contributed by atoms with Gasteiger partial charge in [0.2, 0.25) is 0 Å². The number of para-hydroxylation sites is 1. The second-order valence-corrected chi connectivity index (χ2v) is 5.16. The molecule has 0 fully saturated rings. The van der Waals surface area contributed by atoms with E-state index in [-0.39, 0.29) is 24.5 Å². The van der Waals surface area contributed by atoms with Gasteiger partial charge in [-0.15, -0.1) is 5.10 Å². The van der Waals surface area contributed by atoms with E-state index < -0.39 is 0 Å². The monoisotopic (exact) mass is 289 g/mol. The zero-order chi connectivity index (χ0) is 15.4. The molecule has 112 valence electrons. The number of hydrogen-bond acceptors (Lipinski definition) is 5. The number of tetrazole rings is 1. The number of aryl methyl sites for hydroxylation is 1. The average Bonchev–Trinajstić information content (AvgIpc) is 2.90. The number of aliphatic hydroxyl groups is 1. The summed E-state index contributed by atoms with van der Waals surface area (Å²) in [6, 6.07) is 6.79. The molecule has 1 aromatic heterocycles. The Morgan fingerprint density at radius 3 is 2.67 bits per heavy atom. The molecule has 1 amide bonds. The fourth-order valence-electron chi connectivity index (χ4n) is 1.97. The summed E-state index contributed by atoms with van der Waals surface area (Å²) in [6.07, 6.45) is 0. The highest BCUT2D eigenvalue weighted by Gasteiger charge is 2.19. The van der Waals surface area contributed by atoms with E-state index in [2.05, 4.69) is 20.8 Å². The number of carbonyl (C=O) groups is 1. The zero-order valence-electron chi connectivity index (χ0n) is 12.3. The Labute approximate surface area is 123 Å².